The lowest BCUT2D eigenvalue weighted by Gasteiger charge is -2.36. The van der Waals surface area contributed by atoms with E-state index < -0.39 is 7.22 Å². The van der Waals surface area contributed by atoms with Gasteiger partial charge in [0.05, 0.1) is 6.61 Å². The van der Waals surface area contributed by atoms with Crippen LogP contribution in [0.2, 0.25) is 18.1 Å². The van der Waals surface area contributed by atoms with Gasteiger partial charge in [-0.25, -0.2) is 0 Å². The molecule has 13 heavy (non-hydrogen) atoms. The monoisotopic (exact) mass is 220 g/mol. The summed E-state index contributed by atoms with van der Waals surface area (Å²) in [6, 6.07) is 0. The lowest BCUT2D eigenvalue weighted by molar-refractivity contribution is 0.164. The quantitative estimate of drug-likeness (QED) is 0.515. The highest BCUT2D eigenvalue weighted by molar-refractivity contribution is 8.29. The number of hydrogen-bond donors (Lipinski definition) is 0. The molecule has 0 bridgehead atoms. The van der Waals surface area contributed by atoms with Crippen LogP contribution >= 0.6 is 11.2 Å². The summed E-state index contributed by atoms with van der Waals surface area (Å²) in [6.07, 6.45) is 0. The van der Waals surface area contributed by atoms with Gasteiger partial charge in [-0.05, 0) is 12.0 Å². The predicted molar refractivity (Wildman–Crippen MR) is 66.1 cm³/mol. The molecule has 0 N–H and O–H groups in total. The van der Waals surface area contributed by atoms with Crippen LogP contribution in [0.1, 0.15) is 27.7 Å². The Bertz CT molecular complexity index is 140. The molecule has 80 valence electrons. The fraction of sp³-hybridized carbons (Fsp3) is 1.00. The van der Waals surface area contributed by atoms with Crippen molar-refractivity contribution in [2.45, 2.75) is 45.8 Å². The van der Waals surface area contributed by atoms with Gasteiger partial charge >= 0.3 is 0 Å². The van der Waals surface area contributed by atoms with Crippen molar-refractivity contribution < 1.29 is 4.74 Å². The Kier molecular flexibility index (Phi) is 5.64. The SMILES string of the molecule is CCOCCS[Si](C)(C)C(C)(C)C. The second-order valence-corrected chi connectivity index (χ2v) is 14.0. The second-order valence-electron chi connectivity index (χ2n) is 4.81. The van der Waals surface area contributed by atoms with Crippen molar-refractivity contribution in [3.05, 3.63) is 0 Å². The molecule has 0 aliphatic carbocycles. The molecule has 0 fully saturated rings. The van der Waals surface area contributed by atoms with Crippen LogP contribution in [0.25, 0.3) is 0 Å². The predicted octanol–water partition coefficient (Wildman–Crippen LogP) is 3.76. The minimum absolute atomic E-state index is 0.490. The molecule has 0 saturated carbocycles. The van der Waals surface area contributed by atoms with E-state index in [9.17, 15) is 0 Å². The molecular weight excluding hydrogens is 196 g/mol. The molecule has 0 radical (unpaired) electrons. The maximum Gasteiger partial charge on any atom is 0.116 e. The van der Waals surface area contributed by atoms with Crippen LogP contribution in [0.4, 0.5) is 0 Å². The van der Waals surface area contributed by atoms with Crippen molar-refractivity contribution in [3.8, 4) is 0 Å². The zero-order valence-electron chi connectivity index (χ0n) is 9.94. The van der Waals surface area contributed by atoms with Crippen LogP contribution < -0.4 is 0 Å². The van der Waals surface area contributed by atoms with Crippen LogP contribution in [-0.2, 0) is 4.74 Å². The summed E-state index contributed by atoms with van der Waals surface area (Å²) in [4.78, 5) is 0. The molecule has 0 spiro atoms. The molecule has 1 nitrogen and oxygen atoms in total. The number of hydrogen-bond acceptors (Lipinski definition) is 2. The first-order chi connectivity index (χ1) is 5.81. The molecule has 0 amide bonds. The van der Waals surface area contributed by atoms with Crippen LogP contribution in [0.15, 0.2) is 0 Å². The van der Waals surface area contributed by atoms with E-state index in [1.54, 1.807) is 0 Å². The van der Waals surface area contributed by atoms with Gasteiger partial charge in [0, 0.05) is 12.4 Å². The molecule has 0 unspecified atom stereocenters. The Labute approximate surface area is 88.3 Å². The van der Waals surface area contributed by atoms with Gasteiger partial charge < -0.3 is 4.74 Å². The summed E-state index contributed by atoms with van der Waals surface area (Å²) in [6.45, 7) is 15.8. The molecule has 0 aliphatic rings. The topological polar surface area (TPSA) is 9.23 Å². The van der Waals surface area contributed by atoms with E-state index in [-0.39, 0.29) is 0 Å². The van der Waals surface area contributed by atoms with Gasteiger partial charge in [-0.15, -0.1) is 0 Å². The normalized spacial score (nSPS) is 13.4. The molecule has 0 heterocycles. The van der Waals surface area contributed by atoms with Crippen LogP contribution in [-0.4, -0.2) is 26.2 Å². The van der Waals surface area contributed by atoms with Crippen molar-refractivity contribution >= 4 is 18.4 Å². The van der Waals surface area contributed by atoms with Gasteiger partial charge in [-0.2, -0.15) is 11.2 Å². The fourth-order valence-corrected chi connectivity index (χ4v) is 4.94. The molecule has 0 saturated heterocycles. The van der Waals surface area contributed by atoms with Gasteiger partial charge in [0.15, 0.2) is 0 Å². The lowest BCUT2D eigenvalue weighted by Crippen LogP contribution is -2.34. The Morgan fingerprint density at radius 2 is 1.77 bits per heavy atom. The lowest BCUT2D eigenvalue weighted by atomic mass is 10.2. The summed E-state index contributed by atoms with van der Waals surface area (Å²) in [7, 11) is -1.12. The fourth-order valence-electron chi connectivity index (χ4n) is 0.717. The summed E-state index contributed by atoms with van der Waals surface area (Å²) < 4.78 is 5.34. The van der Waals surface area contributed by atoms with E-state index in [4.69, 9.17) is 4.74 Å². The zero-order chi connectivity index (χ0) is 10.5. The summed E-state index contributed by atoms with van der Waals surface area (Å²) >= 11 is 2.14. The third-order valence-electron chi connectivity index (χ3n) is 2.70. The number of ether oxygens (including phenoxy) is 1. The smallest absolute Gasteiger partial charge is 0.116 e. The first-order valence-corrected chi connectivity index (χ1v) is 9.74. The Balaban J connectivity index is 3.77. The van der Waals surface area contributed by atoms with Crippen LogP contribution in [0, 0.1) is 0 Å². The van der Waals surface area contributed by atoms with E-state index in [0.717, 1.165) is 19.0 Å². The van der Waals surface area contributed by atoms with E-state index in [2.05, 4.69) is 52.0 Å². The van der Waals surface area contributed by atoms with Gasteiger partial charge in [0.1, 0.15) is 7.22 Å². The largest absolute Gasteiger partial charge is 0.381 e. The zero-order valence-corrected chi connectivity index (χ0v) is 11.8. The third kappa shape index (κ3) is 5.08. The maximum absolute atomic E-state index is 5.34. The van der Waals surface area contributed by atoms with Crippen molar-refractivity contribution in [1.82, 2.24) is 0 Å². The van der Waals surface area contributed by atoms with Crippen LogP contribution in [0.5, 0.6) is 0 Å². The molecule has 0 atom stereocenters. The number of rotatable bonds is 5. The minimum Gasteiger partial charge on any atom is -0.381 e. The summed E-state index contributed by atoms with van der Waals surface area (Å²) in [5.41, 5.74) is 0. The molecule has 0 aromatic rings. The van der Waals surface area contributed by atoms with E-state index in [1.807, 2.05) is 0 Å². The maximum atomic E-state index is 5.34. The van der Waals surface area contributed by atoms with Crippen molar-refractivity contribution in [2.24, 2.45) is 0 Å². The highest BCUT2D eigenvalue weighted by Crippen LogP contribution is 2.42. The molecule has 0 aliphatic heterocycles. The average Bonchev–Trinajstić information content (AvgIpc) is 1.96. The van der Waals surface area contributed by atoms with Gasteiger partial charge in [-0.3, -0.25) is 0 Å². The van der Waals surface area contributed by atoms with Gasteiger partial charge in [0.25, 0.3) is 0 Å². The first-order valence-electron chi connectivity index (χ1n) is 5.03. The minimum atomic E-state index is -1.12. The van der Waals surface area contributed by atoms with E-state index in [1.165, 1.54) is 0 Å². The average molecular weight is 220 g/mol. The molecule has 0 aromatic heterocycles. The van der Waals surface area contributed by atoms with Crippen molar-refractivity contribution in [3.63, 3.8) is 0 Å². The standard InChI is InChI=1S/C10H24OSSi/c1-7-11-8-9-12-13(5,6)10(2,3)4/h7-9H2,1-6H3. The highest BCUT2D eigenvalue weighted by atomic mass is 32.4. The third-order valence-corrected chi connectivity index (χ3v) is 12.0. The Hall–Kier alpha value is 0.527. The van der Waals surface area contributed by atoms with Crippen LogP contribution in [0.3, 0.4) is 0 Å². The Morgan fingerprint density at radius 1 is 1.23 bits per heavy atom. The first kappa shape index (κ1) is 13.5. The van der Waals surface area contributed by atoms with E-state index >= 15 is 0 Å². The molecule has 3 heteroatoms. The summed E-state index contributed by atoms with van der Waals surface area (Å²) in [5.74, 6) is 1.16. The van der Waals surface area contributed by atoms with Gasteiger partial charge in [0.2, 0.25) is 0 Å². The van der Waals surface area contributed by atoms with Crippen molar-refractivity contribution in [2.75, 3.05) is 19.0 Å². The van der Waals surface area contributed by atoms with Gasteiger partial charge in [-0.1, -0.05) is 33.9 Å². The second kappa shape index (κ2) is 5.42. The van der Waals surface area contributed by atoms with Crippen molar-refractivity contribution in [1.29, 1.82) is 0 Å². The van der Waals surface area contributed by atoms with E-state index in [0.29, 0.717) is 5.04 Å². The highest BCUT2D eigenvalue weighted by Gasteiger charge is 2.35. The molecule has 0 rings (SSSR count). The summed E-state index contributed by atoms with van der Waals surface area (Å²) in [5, 5.41) is 0.490. The molecular formula is C10H24OSSi. The Morgan fingerprint density at radius 3 is 2.15 bits per heavy atom. The molecule has 0 aromatic carbocycles.